The molecule has 16 heavy (non-hydrogen) atoms. The van der Waals surface area contributed by atoms with Crippen molar-refractivity contribution in [2.75, 3.05) is 6.61 Å². The van der Waals surface area contributed by atoms with Crippen molar-refractivity contribution in [3.05, 3.63) is 30.1 Å². The summed E-state index contributed by atoms with van der Waals surface area (Å²) in [5.74, 6) is -0.655. The Balaban J connectivity index is 2.27. The number of pyridine rings is 1. The zero-order valence-corrected chi connectivity index (χ0v) is 8.12. The van der Waals surface area contributed by atoms with Crippen molar-refractivity contribution in [2.24, 2.45) is 0 Å². The van der Waals surface area contributed by atoms with Crippen LogP contribution in [0.1, 0.15) is 5.56 Å². The Labute approximate surface area is 89.4 Å². The van der Waals surface area contributed by atoms with Gasteiger partial charge in [0.05, 0.1) is 6.42 Å². The number of amides is 1. The number of nitrogens with one attached hydrogen (secondary N) is 1. The minimum atomic E-state index is -4.46. The molecule has 0 spiro atoms. The van der Waals surface area contributed by atoms with Crippen molar-refractivity contribution < 1.29 is 22.8 Å². The van der Waals surface area contributed by atoms with E-state index in [1.807, 2.05) is 0 Å². The fraction of sp³-hybridized carbons (Fsp3) is 0.333. The van der Waals surface area contributed by atoms with Crippen molar-refractivity contribution in [3.8, 4) is 0 Å². The molecule has 0 saturated carbocycles. The summed E-state index contributed by atoms with van der Waals surface area (Å²) in [4.78, 5) is 18.8. The first-order valence-electron chi connectivity index (χ1n) is 4.33. The van der Waals surface area contributed by atoms with Crippen molar-refractivity contribution in [2.45, 2.75) is 12.6 Å². The van der Waals surface area contributed by atoms with Gasteiger partial charge in [0.2, 0.25) is 5.91 Å². The molecule has 88 valence electrons. The topological polar surface area (TPSA) is 51.2 Å². The van der Waals surface area contributed by atoms with Gasteiger partial charge >= 0.3 is 6.18 Å². The second kappa shape index (κ2) is 5.45. The van der Waals surface area contributed by atoms with Gasteiger partial charge in [0.1, 0.15) is 0 Å². The van der Waals surface area contributed by atoms with Crippen LogP contribution in [0.4, 0.5) is 13.2 Å². The molecule has 0 unspecified atom stereocenters. The minimum Gasteiger partial charge on any atom is -0.272 e. The van der Waals surface area contributed by atoms with E-state index < -0.39 is 18.7 Å². The van der Waals surface area contributed by atoms with E-state index in [2.05, 4.69) is 9.82 Å². The highest BCUT2D eigenvalue weighted by Crippen LogP contribution is 2.13. The molecule has 1 aromatic rings. The summed E-state index contributed by atoms with van der Waals surface area (Å²) in [5.41, 5.74) is 2.29. The van der Waals surface area contributed by atoms with Gasteiger partial charge in [-0.1, -0.05) is 6.07 Å². The Morgan fingerprint density at radius 2 is 2.25 bits per heavy atom. The van der Waals surface area contributed by atoms with Crippen LogP contribution in [-0.2, 0) is 16.1 Å². The molecule has 1 aromatic heterocycles. The van der Waals surface area contributed by atoms with E-state index in [4.69, 9.17) is 0 Å². The Morgan fingerprint density at radius 3 is 2.81 bits per heavy atom. The molecule has 1 N–H and O–H groups in total. The summed E-state index contributed by atoms with van der Waals surface area (Å²) >= 11 is 0. The fourth-order valence-electron chi connectivity index (χ4n) is 0.923. The third-order valence-corrected chi connectivity index (χ3v) is 1.51. The van der Waals surface area contributed by atoms with Crippen molar-refractivity contribution in [3.63, 3.8) is 0 Å². The van der Waals surface area contributed by atoms with E-state index in [-0.39, 0.29) is 6.42 Å². The highest BCUT2D eigenvalue weighted by atomic mass is 19.4. The molecule has 0 saturated heterocycles. The van der Waals surface area contributed by atoms with Crippen LogP contribution >= 0.6 is 0 Å². The minimum absolute atomic E-state index is 0.0777. The third kappa shape index (κ3) is 5.30. The maximum Gasteiger partial charge on any atom is 0.414 e. The highest BCUT2D eigenvalue weighted by Gasteiger charge is 2.28. The van der Waals surface area contributed by atoms with E-state index >= 15 is 0 Å². The van der Waals surface area contributed by atoms with Gasteiger partial charge in [0, 0.05) is 12.4 Å². The lowest BCUT2D eigenvalue weighted by Crippen LogP contribution is -2.30. The lowest BCUT2D eigenvalue weighted by atomic mass is 10.2. The molecule has 7 heteroatoms. The number of carbonyl (C=O) groups is 1. The van der Waals surface area contributed by atoms with Crippen LogP contribution in [-0.4, -0.2) is 23.7 Å². The van der Waals surface area contributed by atoms with E-state index in [1.54, 1.807) is 17.6 Å². The summed E-state index contributed by atoms with van der Waals surface area (Å²) in [7, 11) is 0. The van der Waals surface area contributed by atoms with Crippen LogP contribution in [0.5, 0.6) is 0 Å². The molecule has 1 amide bonds. The Bertz CT molecular complexity index is 340. The molecule has 1 heterocycles. The summed E-state index contributed by atoms with van der Waals surface area (Å²) in [6, 6.07) is 3.26. The predicted octanol–water partition coefficient (Wildman–Crippen LogP) is 1.23. The third-order valence-electron chi connectivity index (χ3n) is 1.51. The first kappa shape index (κ1) is 12.4. The van der Waals surface area contributed by atoms with Gasteiger partial charge in [-0.15, -0.1) is 0 Å². The van der Waals surface area contributed by atoms with Crippen molar-refractivity contribution in [1.82, 2.24) is 10.5 Å². The van der Waals surface area contributed by atoms with Gasteiger partial charge in [-0.3, -0.25) is 14.6 Å². The SMILES string of the molecule is O=C(Cc1cccnc1)NOCC(F)(F)F. The smallest absolute Gasteiger partial charge is 0.272 e. The summed E-state index contributed by atoms with van der Waals surface area (Å²) < 4.78 is 34.9. The van der Waals surface area contributed by atoms with Gasteiger partial charge in [0.25, 0.3) is 0 Å². The molecule has 1 rings (SSSR count). The molecule has 0 fully saturated rings. The van der Waals surface area contributed by atoms with Crippen LogP contribution in [0.3, 0.4) is 0 Å². The number of carbonyl (C=O) groups excluding carboxylic acids is 1. The Kier molecular flexibility index (Phi) is 4.24. The lowest BCUT2D eigenvalue weighted by Gasteiger charge is -2.07. The number of hydrogen-bond donors (Lipinski definition) is 1. The molecule has 0 aliphatic rings. The van der Waals surface area contributed by atoms with Crippen LogP contribution in [0, 0.1) is 0 Å². The monoisotopic (exact) mass is 234 g/mol. The fourth-order valence-corrected chi connectivity index (χ4v) is 0.923. The van der Waals surface area contributed by atoms with Gasteiger partial charge in [-0.2, -0.15) is 13.2 Å². The number of rotatable bonds is 4. The summed E-state index contributed by atoms with van der Waals surface area (Å²) in [5, 5.41) is 0. The average molecular weight is 234 g/mol. The van der Waals surface area contributed by atoms with E-state index in [0.29, 0.717) is 5.56 Å². The van der Waals surface area contributed by atoms with Crippen LogP contribution < -0.4 is 5.48 Å². The zero-order valence-electron chi connectivity index (χ0n) is 8.12. The van der Waals surface area contributed by atoms with Gasteiger partial charge in [-0.05, 0) is 11.6 Å². The number of nitrogens with zero attached hydrogens (tertiary/aromatic N) is 1. The summed E-state index contributed by atoms with van der Waals surface area (Å²) in [6.07, 6.45) is -1.56. The number of hydroxylamine groups is 1. The molecule has 0 aliphatic carbocycles. The van der Waals surface area contributed by atoms with E-state index in [0.717, 1.165) is 0 Å². The molecule has 0 aliphatic heterocycles. The maximum absolute atomic E-state index is 11.6. The van der Waals surface area contributed by atoms with Gasteiger partial charge < -0.3 is 0 Å². The lowest BCUT2D eigenvalue weighted by molar-refractivity contribution is -0.191. The molecule has 4 nitrogen and oxygen atoms in total. The first-order chi connectivity index (χ1) is 7.47. The summed E-state index contributed by atoms with van der Waals surface area (Å²) in [6.45, 7) is -1.51. The largest absolute Gasteiger partial charge is 0.414 e. The number of halogens is 3. The Hall–Kier alpha value is -1.63. The standard InChI is InChI=1S/C9H9F3N2O2/c10-9(11,12)6-16-14-8(15)4-7-2-1-3-13-5-7/h1-3,5H,4,6H2,(H,14,15). The molecule has 0 bridgehead atoms. The van der Waals surface area contributed by atoms with E-state index in [1.165, 1.54) is 12.4 Å². The number of aromatic nitrogens is 1. The molecule has 0 radical (unpaired) electrons. The second-order valence-corrected chi connectivity index (χ2v) is 2.97. The van der Waals surface area contributed by atoms with Crippen LogP contribution in [0.2, 0.25) is 0 Å². The van der Waals surface area contributed by atoms with E-state index in [9.17, 15) is 18.0 Å². The average Bonchev–Trinajstić information content (AvgIpc) is 2.17. The normalized spacial score (nSPS) is 11.2. The quantitative estimate of drug-likeness (QED) is 0.797. The van der Waals surface area contributed by atoms with Crippen LogP contribution in [0.25, 0.3) is 0 Å². The Morgan fingerprint density at radius 1 is 1.50 bits per heavy atom. The van der Waals surface area contributed by atoms with Crippen molar-refractivity contribution >= 4 is 5.91 Å². The number of hydrogen-bond acceptors (Lipinski definition) is 3. The van der Waals surface area contributed by atoms with Crippen LogP contribution in [0.15, 0.2) is 24.5 Å². The highest BCUT2D eigenvalue weighted by molar-refractivity contribution is 5.77. The first-order valence-corrected chi connectivity index (χ1v) is 4.33. The molecular formula is C9H9F3N2O2. The molecule has 0 atom stereocenters. The second-order valence-electron chi connectivity index (χ2n) is 2.97. The zero-order chi connectivity index (χ0) is 12.0. The van der Waals surface area contributed by atoms with Gasteiger partial charge in [-0.25, -0.2) is 5.48 Å². The number of alkyl halides is 3. The predicted molar refractivity (Wildman–Crippen MR) is 48.1 cm³/mol. The van der Waals surface area contributed by atoms with Gasteiger partial charge in [0.15, 0.2) is 6.61 Å². The maximum atomic E-state index is 11.6. The molecule has 0 aromatic carbocycles. The molecular weight excluding hydrogens is 225 g/mol. The van der Waals surface area contributed by atoms with Crippen molar-refractivity contribution in [1.29, 1.82) is 0 Å².